The molecule has 1 atom stereocenters. The van der Waals surface area contributed by atoms with E-state index in [2.05, 4.69) is 15.3 Å². The van der Waals surface area contributed by atoms with Crippen molar-refractivity contribution in [3.63, 3.8) is 0 Å². The minimum absolute atomic E-state index is 0.0753. The lowest BCUT2D eigenvalue weighted by Crippen LogP contribution is -2.29. The average Bonchev–Trinajstić information content (AvgIpc) is 2.61. The Balaban J connectivity index is 2.03. The van der Waals surface area contributed by atoms with Gasteiger partial charge in [-0.05, 0) is 31.2 Å². The van der Waals surface area contributed by atoms with Crippen LogP contribution in [-0.4, -0.2) is 28.3 Å². The van der Waals surface area contributed by atoms with Crippen molar-refractivity contribution in [3.05, 3.63) is 64.7 Å². The van der Waals surface area contributed by atoms with E-state index in [9.17, 15) is 4.79 Å². The van der Waals surface area contributed by atoms with Crippen molar-refractivity contribution >= 4 is 16.9 Å². The standard InChI is InChI=1S/C18H20N4O2/c1-13(12-24-2)22-17(23)15-8-3-4-9-16(15)21-18(22)20-11-14-7-5-6-10-19-14/h3-10,13H,11-12H2,1-2H3,(H,20,21)/t13-/m1/s1. The van der Waals surface area contributed by atoms with Crippen molar-refractivity contribution in [2.24, 2.45) is 0 Å². The summed E-state index contributed by atoms with van der Waals surface area (Å²) in [6.45, 7) is 2.86. The molecule has 0 aliphatic heterocycles. The Bertz CT molecular complexity index is 877. The third kappa shape index (κ3) is 3.28. The lowest BCUT2D eigenvalue weighted by molar-refractivity contribution is 0.161. The Morgan fingerprint density at radius 2 is 2.00 bits per heavy atom. The number of ether oxygens (including phenoxy) is 1. The zero-order chi connectivity index (χ0) is 16.9. The van der Waals surface area contributed by atoms with Gasteiger partial charge in [-0.3, -0.25) is 14.3 Å². The third-order valence-electron chi connectivity index (χ3n) is 3.81. The zero-order valence-corrected chi connectivity index (χ0v) is 13.8. The van der Waals surface area contributed by atoms with Crippen molar-refractivity contribution in [3.8, 4) is 0 Å². The molecule has 0 spiro atoms. The van der Waals surface area contributed by atoms with E-state index in [0.29, 0.717) is 30.0 Å². The van der Waals surface area contributed by atoms with Gasteiger partial charge in [0.25, 0.3) is 5.56 Å². The number of nitrogens with zero attached hydrogens (tertiary/aromatic N) is 3. The molecule has 0 fully saturated rings. The molecule has 2 heterocycles. The first-order chi connectivity index (χ1) is 11.7. The molecule has 0 unspecified atom stereocenters. The molecule has 1 N–H and O–H groups in total. The van der Waals surface area contributed by atoms with Gasteiger partial charge in [0.1, 0.15) is 0 Å². The number of pyridine rings is 1. The minimum atomic E-state index is -0.133. The van der Waals surface area contributed by atoms with Crippen molar-refractivity contribution in [1.82, 2.24) is 14.5 Å². The highest BCUT2D eigenvalue weighted by atomic mass is 16.5. The van der Waals surface area contributed by atoms with Crippen LogP contribution < -0.4 is 10.9 Å². The Labute approximate surface area is 140 Å². The van der Waals surface area contributed by atoms with Crippen LogP contribution in [0.2, 0.25) is 0 Å². The van der Waals surface area contributed by atoms with Crippen LogP contribution in [-0.2, 0) is 11.3 Å². The van der Waals surface area contributed by atoms with Gasteiger partial charge in [-0.15, -0.1) is 0 Å². The number of rotatable bonds is 6. The average molecular weight is 324 g/mol. The van der Waals surface area contributed by atoms with E-state index >= 15 is 0 Å². The summed E-state index contributed by atoms with van der Waals surface area (Å²) < 4.78 is 6.86. The van der Waals surface area contributed by atoms with E-state index in [1.54, 1.807) is 23.9 Å². The lowest BCUT2D eigenvalue weighted by atomic mass is 10.2. The van der Waals surface area contributed by atoms with Gasteiger partial charge in [0.05, 0.1) is 35.8 Å². The second-order valence-electron chi connectivity index (χ2n) is 5.61. The highest BCUT2D eigenvalue weighted by Gasteiger charge is 2.16. The summed E-state index contributed by atoms with van der Waals surface area (Å²) in [5, 5.41) is 3.84. The van der Waals surface area contributed by atoms with Crippen LogP contribution >= 0.6 is 0 Å². The zero-order valence-electron chi connectivity index (χ0n) is 13.8. The summed E-state index contributed by atoms with van der Waals surface area (Å²) >= 11 is 0. The number of hydrogen-bond donors (Lipinski definition) is 1. The fourth-order valence-electron chi connectivity index (χ4n) is 2.67. The van der Waals surface area contributed by atoms with Crippen molar-refractivity contribution < 1.29 is 4.74 Å². The second kappa shape index (κ2) is 7.23. The fraction of sp³-hybridized carbons (Fsp3) is 0.278. The van der Waals surface area contributed by atoms with Crippen LogP contribution in [0, 0.1) is 0 Å². The molecule has 0 aliphatic rings. The molecule has 1 aromatic carbocycles. The smallest absolute Gasteiger partial charge is 0.263 e. The molecule has 0 aliphatic carbocycles. The number of methoxy groups -OCH3 is 1. The molecule has 0 radical (unpaired) electrons. The summed E-state index contributed by atoms with van der Waals surface area (Å²) in [6.07, 6.45) is 1.74. The highest BCUT2D eigenvalue weighted by Crippen LogP contribution is 2.16. The van der Waals surface area contributed by atoms with Crippen molar-refractivity contribution in [2.75, 3.05) is 19.0 Å². The molecule has 6 nitrogen and oxygen atoms in total. The number of hydrogen-bond acceptors (Lipinski definition) is 5. The van der Waals surface area contributed by atoms with Crippen molar-refractivity contribution in [1.29, 1.82) is 0 Å². The van der Waals surface area contributed by atoms with E-state index in [4.69, 9.17) is 4.74 Å². The number of aromatic nitrogens is 3. The Morgan fingerprint density at radius 3 is 2.75 bits per heavy atom. The minimum Gasteiger partial charge on any atom is -0.383 e. The SMILES string of the molecule is COC[C@@H](C)n1c(NCc2ccccn2)nc2ccccc2c1=O. The first-order valence-electron chi connectivity index (χ1n) is 7.84. The predicted molar refractivity (Wildman–Crippen MR) is 94.2 cm³/mol. The van der Waals surface area contributed by atoms with Crippen LogP contribution in [0.5, 0.6) is 0 Å². The number of anilines is 1. The lowest BCUT2D eigenvalue weighted by Gasteiger charge is -2.19. The van der Waals surface area contributed by atoms with Crippen molar-refractivity contribution in [2.45, 2.75) is 19.5 Å². The van der Waals surface area contributed by atoms with E-state index in [0.717, 1.165) is 5.69 Å². The first-order valence-corrected chi connectivity index (χ1v) is 7.84. The van der Waals surface area contributed by atoms with Gasteiger partial charge in [0.2, 0.25) is 5.95 Å². The van der Waals surface area contributed by atoms with E-state index in [1.165, 1.54) is 0 Å². The molecule has 3 aromatic rings. The highest BCUT2D eigenvalue weighted by molar-refractivity contribution is 5.78. The van der Waals surface area contributed by atoms with Crippen LogP contribution in [0.3, 0.4) is 0 Å². The van der Waals surface area contributed by atoms with E-state index in [-0.39, 0.29) is 11.6 Å². The molecule has 3 rings (SSSR count). The quantitative estimate of drug-likeness (QED) is 0.755. The first kappa shape index (κ1) is 16.1. The fourth-order valence-corrected chi connectivity index (χ4v) is 2.67. The molecule has 2 aromatic heterocycles. The van der Waals surface area contributed by atoms with Gasteiger partial charge in [-0.2, -0.15) is 0 Å². The molecule has 0 saturated carbocycles. The maximum atomic E-state index is 12.9. The summed E-state index contributed by atoms with van der Waals surface area (Å²) in [7, 11) is 1.62. The molecular formula is C18H20N4O2. The number of para-hydroxylation sites is 1. The molecule has 124 valence electrons. The summed E-state index contributed by atoms with van der Waals surface area (Å²) in [5.74, 6) is 0.522. The Hall–Kier alpha value is -2.73. The maximum Gasteiger partial charge on any atom is 0.263 e. The second-order valence-corrected chi connectivity index (χ2v) is 5.61. The molecule has 24 heavy (non-hydrogen) atoms. The van der Waals surface area contributed by atoms with Crippen LogP contribution in [0.25, 0.3) is 10.9 Å². The molecule has 6 heteroatoms. The summed E-state index contributed by atoms with van der Waals surface area (Å²) in [4.78, 5) is 21.8. The number of nitrogens with one attached hydrogen (secondary N) is 1. The number of fused-ring (bicyclic) bond motifs is 1. The topological polar surface area (TPSA) is 69.0 Å². The normalized spacial score (nSPS) is 12.2. The monoisotopic (exact) mass is 324 g/mol. The largest absolute Gasteiger partial charge is 0.383 e. The van der Waals surface area contributed by atoms with E-state index in [1.807, 2.05) is 43.3 Å². The maximum absolute atomic E-state index is 12.9. The van der Waals surface area contributed by atoms with Crippen LogP contribution in [0.4, 0.5) is 5.95 Å². The number of benzene rings is 1. The molecule has 0 bridgehead atoms. The summed E-state index contributed by atoms with van der Waals surface area (Å²) in [5.41, 5.74) is 1.48. The predicted octanol–water partition coefficient (Wildman–Crippen LogP) is 2.61. The Morgan fingerprint density at radius 1 is 1.21 bits per heavy atom. The van der Waals surface area contributed by atoms with Gasteiger partial charge in [0, 0.05) is 13.3 Å². The van der Waals surface area contributed by atoms with Crippen LogP contribution in [0.15, 0.2) is 53.5 Å². The van der Waals surface area contributed by atoms with Gasteiger partial charge < -0.3 is 10.1 Å². The molecule has 0 saturated heterocycles. The van der Waals surface area contributed by atoms with Gasteiger partial charge in [-0.25, -0.2) is 4.98 Å². The van der Waals surface area contributed by atoms with Gasteiger partial charge >= 0.3 is 0 Å². The van der Waals surface area contributed by atoms with Gasteiger partial charge in [-0.1, -0.05) is 18.2 Å². The third-order valence-corrected chi connectivity index (χ3v) is 3.81. The van der Waals surface area contributed by atoms with Crippen LogP contribution in [0.1, 0.15) is 18.7 Å². The van der Waals surface area contributed by atoms with E-state index < -0.39 is 0 Å². The van der Waals surface area contributed by atoms with Gasteiger partial charge in [0.15, 0.2) is 0 Å². The molecule has 0 amide bonds. The Kier molecular flexibility index (Phi) is 4.86. The molecular weight excluding hydrogens is 304 g/mol. The summed E-state index contributed by atoms with van der Waals surface area (Å²) in [6, 6.07) is 12.9.